The molecule has 2 aromatic carbocycles. The van der Waals surface area contributed by atoms with Crippen molar-refractivity contribution in [2.45, 2.75) is 37.6 Å². The summed E-state index contributed by atoms with van der Waals surface area (Å²) >= 11 is 12.0. The highest BCUT2D eigenvalue weighted by Crippen LogP contribution is 2.27. The second kappa shape index (κ2) is 7.22. The molecule has 0 amide bonds. The highest BCUT2D eigenvalue weighted by atomic mass is 35.5. The maximum absolute atomic E-state index is 12.5. The van der Waals surface area contributed by atoms with Gasteiger partial charge >= 0.3 is 0 Å². The number of hydrogen-bond donors (Lipinski definition) is 1. The number of hydrogen-bond acceptors (Lipinski definition) is 2. The molecule has 0 aliphatic rings. The summed E-state index contributed by atoms with van der Waals surface area (Å²) in [6.07, 6.45) is 0. The highest BCUT2D eigenvalue weighted by molar-refractivity contribution is 7.89. The number of rotatable bonds is 5. The van der Waals surface area contributed by atoms with Gasteiger partial charge in [-0.3, -0.25) is 0 Å². The van der Waals surface area contributed by atoms with Crippen molar-refractivity contribution in [1.29, 1.82) is 0 Å². The van der Waals surface area contributed by atoms with Crippen LogP contribution in [0.25, 0.3) is 0 Å². The average Bonchev–Trinajstić information content (AvgIpc) is 2.46. The molecule has 1 unspecified atom stereocenters. The number of benzene rings is 2. The van der Waals surface area contributed by atoms with Gasteiger partial charge in [0.25, 0.3) is 0 Å². The third kappa shape index (κ3) is 4.48. The van der Waals surface area contributed by atoms with Gasteiger partial charge in [-0.05, 0) is 48.2 Å². The summed E-state index contributed by atoms with van der Waals surface area (Å²) in [6, 6.07) is 11.4. The van der Waals surface area contributed by atoms with Crippen LogP contribution in [-0.4, -0.2) is 8.42 Å². The molecule has 1 N–H and O–H groups in total. The van der Waals surface area contributed by atoms with Crippen LogP contribution in [0.4, 0.5) is 0 Å². The molecule has 0 saturated heterocycles. The molecule has 2 rings (SSSR count). The van der Waals surface area contributed by atoms with E-state index < -0.39 is 16.1 Å². The van der Waals surface area contributed by atoms with E-state index in [0.29, 0.717) is 21.5 Å². The quantitative estimate of drug-likeness (QED) is 0.788. The van der Waals surface area contributed by atoms with Gasteiger partial charge in [-0.2, -0.15) is 0 Å². The zero-order valence-electron chi connectivity index (χ0n) is 13.2. The summed E-state index contributed by atoms with van der Waals surface area (Å²) in [4.78, 5) is 0.235. The van der Waals surface area contributed by atoms with Crippen molar-refractivity contribution in [2.24, 2.45) is 0 Å². The Kier molecular flexibility index (Phi) is 5.74. The third-order valence-corrected chi connectivity index (χ3v) is 5.74. The number of nitrogens with one attached hydrogen (secondary N) is 1. The molecule has 0 aliphatic carbocycles. The van der Waals surface area contributed by atoms with E-state index in [1.807, 2.05) is 12.1 Å². The molecule has 124 valence electrons. The van der Waals surface area contributed by atoms with Crippen LogP contribution in [0.3, 0.4) is 0 Å². The lowest BCUT2D eigenvalue weighted by Gasteiger charge is -2.16. The van der Waals surface area contributed by atoms with Gasteiger partial charge in [0, 0.05) is 16.1 Å². The van der Waals surface area contributed by atoms with Crippen LogP contribution in [0, 0.1) is 0 Å². The van der Waals surface area contributed by atoms with E-state index >= 15 is 0 Å². The van der Waals surface area contributed by atoms with Crippen molar-refractivity contribution in [1.82, 2.24) is 4.72 Å². The minimum Gasteiger partial charge on any atom is -0.207 e. The maximum atomic E-state index is 12.5. The van der Waals surface area contributed by atoms with Crippen molar-refractivity contribution in [3.05, 3.63) is 63.6 Å². The van der Waals surface area contributed by atoms with Crippen molar-refractivity contribution < 1.29 is 8.42 Å². The molecule has 0 saturated carbocycles. The van der Waals surface area contributed by atoms with Crippen LogP contribution >= 0.6 is 23.2 Å². The fraction of sp³-hybridized carbons (Fsp3) is 0.294. The van der Waals surface area contributed by atoms with Gasteiger partial charge in [-0.25, -0.2) is 13.1 Å². The van der Waals surface area contributed by atoms with Crippen molar-refractivity contribution >= 4 is 33.2 Å². The fourth-order valence-corrected chi connectivity index (χ4v) is 4.04. The van der Waals surface area contributed by atoms with Gasteiger partial charge in [0.15, 0.2) is 0 Å². The highest BCUT2D eigenvalue weighted by Gasteiger charge is 2.20. The van der Waals surface area contributed by atoms with Gasteiger partial charge in [0.2, 0.25) is 10.0 Å². The van der Waals surface area contributed by atoms with Crippen LogP contribution < -0.4 is 4.72 Å². The lowest BCUT2D eigenvalue weighted by molar-refractivity contribution is 0.567. The van der Waals surface area contributed by atoms with Crippen LogP contribution in [0.5, 0.6) is 0 Å². The molecule has 0 spiro atoms. The molecule has 6 heteroatoms. The molecular weight excluding hydrogens is 353 g/mol. The predicted molar refractivity (Wildman–Crippen MR) is 95.7 cm³/mol. The normalized spacial score (nSPS) is 13.3. The minimum atomic E-state index is -3.62. The molecule has 0 aromatic heterocycles. The van der Waals surface area contributed by atoms with Gasteiger partial charge < -0.3 is 0 Å². The van der Waals surface area contributed by atoms with E-state index in [4.69, 9.17) is 23.2 Å². The van der Waals surface area contributed by atoms with Gasteiger partial charge in [-0.1, -0.05) is 55.2 Å². The molecule has 0 heterocycles. The Bertz CT molecular complexity index is 787. The monoisotopic (exact) mass is 371 g/mol. The van der Waals surface area contributed by atoms with Crippen molar-refractivity contribution in [2.75, 3.05) is 0 Å². The second-order valence-corrected chi connectivity index (χ2v) is 8.29. The van der Waals surface area contributed by atoms with E-state index in [1.165, 1.54) is 0 Å². The lowest BCUT2D eigenvalue weighted by Crippen LogP contribution is -2.27. The SMILES string of the molecule is CC(C)c1ccc(S(=O)(=O)NC(C)c2ccc(Cl)cc2Cl)cc1. The second-order valence-electron chi connectivity index (χ2n) is 5.73. The lowest BCUT2D eigenvalue weighted by atomic mass is 10.0. The molecule has 0 radical (unpaired) electrons. The molecule has 23 heavy (non-hydrogen) atoms. The fourth-order valence-electron chi connectivity index (χ4n) is 2.25. The predicted octanol–water partition coefficient (Wildman–Crippen LogP) is 5.16. The van der Waals surface area contributed by atoms with Crippen LogP contribution in [0.15, 0.2) is 47.4 Å². The maximum Gasteiger partial charge on any atom is 0.241 e. The van der Waals surface area contributed by atoms with Crippen LogP contribution in [-0.2, 0) is 10.0 Å². The van der Waals surface area contributed by atoms with Gasteiger partial charge in [0.1, 0.15) is 0 Å². The molecule has 0 bridgehead atoms. The molecule has 1 atom stereocenters. The Hall–Kier alpha value is -1.07. The molecule has 2 aromatic rings. The standard InChI is InChI=1S/C17H19Cl2NO2S/c1-11(2)13-4-7-15(8-5-13)23(21,22)20-12(3)16-9-6-14(18)10-17(16)19/h4-12,20H,1-3H3. The van der Waals surface area contributed by atoms with E-state index in [-0.39, 0.29) is 4.90 Å². The Morgan fingerprint density at radius 3 is 2.09 bits per heavy atom. The zero-order valence-corrected chi connectivity index (χ0v) is 15.5. The number of sulfonamides is 1. The summed E-state index contributed by atoms with van der Waals surface area (Å²) in [6.45, 7) is 5.87. The van der Waals surface area contributed by atoms with E-state index in [0.717, 1.165) is 5.56 Å². The Balaban J connectivity index is 2.23. The van der Waals surface area contributed by atoms with E-state index in [1.54, 1.807) is 37.3 Å². The van der Waals surface area contributed by atoms with Crippen molar-refractivity contribution in [3.8, 4) is 0 Å². The molecule has 0 fully saturated rings. The molecule has 3 nitrogen and oxygen atoms in total. The first-order chi connectivity index (χ1) is 10.7. The Morgan fingerprint density at radius 1 is 0.957 bits per heavy atom. The van der Waals surface area contributed by atoms with Crippen LogP contribution in [0.1, 0.15) is 43.9 Å². The molecule has 0 aliphatic heterocycles. The molecular formula is C17H19Cl2NO2S. The Labute approximate surface area is 147 Å². The van der Waals surface area contributed by atoms with Gasteiger partial charge in [-0.15, -0.1) is 0 Å². The first-order valence-corrected chi connectivity index (χ1v) is 9.52. The summed E-state index contributed by atoms with van der Waals surface area (Å²) in [7, 11) is -3.62. The number of halogens is 2. The largest absolute Gasteiger partial charge is 0.241 e. The summed E-state index contributed by atoms with van der Waals surface area (Å²) in [5.41, 5.74) is 1.77. The topological polar surface area (TPSA) is 46.2 Å². The smallest absolute Gasteiger partial charge is 0.207 e. The third-order valence-electron chi connectivity index (χ3n) is 3.62. The van der Waals surface area contributed by atoms with E-state index in [2.05, 4.69) is 18.6 Å². The average molecular weight is 372 g/mol. The van der Waals surface area contributed by atoms with E-state index in [9.17, 15) is 8.42 Å². The Morgan fingerprint density at radius 2 is 1.57 bits per heavy atom. The summed E-state index contributed by atoms with van der Waals surface area (Å²) in [5.74, 6) is 0.353. The zero-order chi connectivity index (χ0) is 17.2. The first kappa shape index (κ1) is 18.3. The summed E-state index contributed by atoms with van der Waals surface area (Å²) < 4.78 is 27.6. The van der Waals surface area contributed by atoms with Crippen molar-refractivity contribution in [3.63, 3.8) is 0 Å². The van der Waals surface area contributed by atoms with Gasteiger partial charge in [0.05, 0.1) is 4.90 Å². The summed E-state index contributed by atoms with van der Waals surface area (Å²) in [5, 5.41) is 0.945. The van der Waals surface area contributed by atoms with Crippen LogP contribution in [0.2, 0.25) is 10.0 Å². The first-order valence-electron chi connectivity index (χ1n) is 7.28. The minimum absolute atomic E-state index is 0.235.